The fraction of sp³-hybridized carbons (Fsp3) is 0.400. The zero-order valence-corrected chi connectivity index (χ0v) is 12.3. The van der Waals surface area contributed by atoms with Crippen molar-refractivity contribution in [2.24, 2.45) is 0 Å². The molecule has 0 atom stereocenters. The molecule has 0 radical (unpaired) electrons. The van der Waals surface area contributed by atoms with Crippen LogP contribution in [0, 0.1) is 18.6 Å². The van der Waals surface area contributed by atoms with Crippen LogP contribution in [0.4, 0.5) is 14.6 Å². The minimum atomic E-state index is -0.591. The van der Waals surface area contributed by atoms with Crippen LogP contribution in [0.25, 0.3) is 0 Å². The Hall–Kier alpha value is -2.15. The normalized spacial score (nSPS) is 16.0. The summed E-state index contributed by atoms with van der Waals surface area (Å²) in [5.41, 5.74) is 0.963. The van der Waals surface area contributed by atoms with Gasteiger partial charge in [-0.3, -0.25) is 9.88 Å². The highest BCUT2D eigenvalue weighted by Gasteiger charge is 2.20. The first-order valence-corrected chi connectivity index (χ1v) is 7.19. The molecular formula is C15H17F2N5. The van der Waals surface area contributed by atoms with Crippen molar-refractivity contribution < 1.29 is 8.78 Å². The molecule has 3 rings (SSSR count). The number of anilines is 1. The molecule has 5 nitrogen and oxygen atoms in total. The molecule has 1 aliphatic rings. The van der Waals surface area contributed by atoms with Gasteiger partial charge in [0.05, 0.1) is 18.1 Å². The van der Waals surface area contributed by atoms with Gasteiger partial charge in [0.25, 0.3) is 0 Å². The highest BCUT2D eigenvalue weighted by Crippen LogP contribution is 2.17. The summed E-state index contributed by atoms with van der Waals surface area (Å²) in [6.07, 6.45) is 2.10. The van der Waals surface area contributed by atoms with Crippen molar-refractivity contribution in [2.75, 3.05) is 31.1 Å². The minimum absolute atomic E-state index is 0.0820. The molecule has 0 amide bonds. The third kappa shape index (κ3) is 3.19. The van der Waals surface area contributed by atoms with Gasteiger partial charge in [-0.15, -0.1) is 5.10 Å². The Morgan fingerprint density at radius 2 is 1.68 bits per heavy atom. The summed E-state index contributed by atoms with van der Waals surface area (Å²) in [5, 5.41) is 8.22. The lowest BCUT2D eigenvalue weighted by Gasteiger charge is -2.35. The lowest BCUT2D eigenvalue weighted by molar-refractivity contribution is 0.242. The molecule has 2 aromatic heterocycles. The molecule has 22 heavy (non-hydrogen) atoms. The van der Waals surface area contributed by atoms with Crippen molar-refractivity contribution in [3.8, 4) is 0 Å². The highest BCUT2D eigenvalue weighted by molar-refractivity contribution is 5.37. The molecular weight excluding hydrogens is 288 g/mol. The van der Waals surface area contributed by atoms with Gasteiger partial charge in [-0.2, -0.15) is 5.10 Å². The van der Waals surface area contributed by atoms with Crippen molar-refractivity contribution in [3.63, 3.8) is 0 Å². The van der Waals surface area contributed by atoms with E-state index in [0.29, 0.717) is 0 Å². The Kier molecular flexibility index (Phi) is 4.24. The van der Waals surface area contributed by atoms with Crippen LogP contribution in [0.3, 0.4) is 0 Å². The Morgan fingerprint density at radius 3 is 2.27 bits per heavy atom. The number of halogens is 2. The van der Waals surface area contributed by atoms with E-state index in [1.807, 2.05) is 24.0 Å². The van der Waals surface area contributed by atoms with Crippen molar-refractivity contribution in [1.29, 1.82) is 0 Å². The van der Waals surface area contributed by atoms with Gasteiger partial charge in [0.2, 0.25) is 0 Å². The Morgan fingerprint density at radius 1 is 1.00 bits per heavy atom. The number of aromatic nitrogens is 3. The Bertz CT molecular complexity index is 619. The number of rotatable bonds is 3. The smallest absolute Gasteiger partial charge is 0.151 e. The second kappa shape index (κ2) is 6.31. The average Bonchev–Trinajstić information content (AvgIpc) is 2.53. The number of aryl methyl sites for hydroxylation is 1. The maximum Gasteiger partial charge on any atom is 0.151 e. The molecule has 1 aliphatic heterocycles. The lowest BCUT2D eigenvalue weighted by Crippen LogP contribution is -2.46. The quantitative estimate of drug-likeness (QED) is 0.865. The number of piperazine rings is 1. The van der Waals surface area contributed by atoms with E-state index < -0.39 is 11.6 Å². The minimum Gasteiger partial charge on any atom is -0.353 e. The van der Waals surface area contributed by atoms with Crippen LogP contribution in [0.1, 0.15) is 11.3 Å². The average molecular weight is 305 g/mol. The van der Waals surface area contributed by atoms with Gasteiger partial charge in [0.15, 0.2) is 5.82 Å². The monoisotopic (exact) mass is 305 g/mol. The zero-order valence-electron chi connectivity index (χ0n) is 12.3. The van der Waals surface area contributed by atoms with Gasteiger partial charge in [-0.1, -0.05) is 0 Å². The van der Waals surface area contributed by atoms with Crippen LogP contribution >= 0.6 is 0 Å². The first-order chi connectivity index (χ1) is 10.6. The van der Waals surface area contributed by atoms with E-state index in [4.69, 9.17) is 0 Å². The van der Waals surface area contributed by atoms with E-state index >= 15 is 0 Å². The largest absolute Gasteiger partial charge is 0.353 e. The van der Waals surface area contributed by atoms with Crippen LogP contribution in [0.5, 0.6) is 0 Å². The molecule has 0 N–H and O–H groups in total. The summed E-state index contributed by atoms with van der Waals surface area (Å²) >= 11 is 0. The standard InChI is InChI=1S/C15H17F2N5/c1-11-2-3-15(20-19-11)22-6-4-21(5-7-22)10-12-13(16)8-18-9-14(12)17/h2-3,8-9H,4-7,10H2,1H3. The van der Waals surface area contributed by atoms with Crippen molar-refractivity contribution in [1.82, 2.24) is 20.1 Å². The highest BCUT2D eigenvalue weighted by atomic mass is 19.1. The van der Waals surface area contributed by atoms with Crippen molar-refractivity contribution in [2.45, 2.75) is 13.5 Å². The number of hydrogen-bond acceptors (Lipinski definition) is 5. The molecule has 0 bridgehead atoms. The Balaban J connectivity index is 1.61. The van der Waals surface area contributed by atoms with Crippen LogP contribution < -0.4 is 4.90 Å². The van der Waals surface area contributed by atoms with Gasteiger partial charge in [-0.05, 0) is 19.1 Å². The van der Waals surface area contributed by atoms with Gasteiger partial charge in [0, 0.05) is 38.3 Å². The van der Waals surface area contributed by atoms with Crippen LogP contribution in [0.15, 0.2) is 24.5 Å². The Labute approximate surface area is 127 Å². The SMILES string of the molecule is Cc1ccc(N2CCN(Cc3c(F)cncc3F)CC2)nn1. The predicted molar refractivity (Wildman–Crippen MR) is 78.4 cm³/mol. The van der Waals surface area contributed by atoms with Gasteiger partial charge < -0.3 is 4.90 Å². The molecule has 0 spiro atoms. The molecule has 2 aromatic rings. The molecule has 0 aliphatic carbocycles. The first-order valence-electron chi connectivity index (χ1n) is 7.19. The fourth-order valence-electron chi connectivity index (χ4n) is 2.51. The number of nitrogens with zero attached hydrogens (tertiary/aromatic N) is 5. The summed E-state index contributed by atoms with van der Waals surface area (Å²) < 4.78 is 27.3. The molecule has 0 aromatic carbocycles. The topological polar surface area (TPSA) is 45.2 Å². The van der Waals surface area contributed by atoms with E-state index in [-0.39, 0.29) is 12.1 Å². The maximum atomic E-state index is 13.6. The second-order valence-corrected chi connectivity index (χ2v) is 5.38. The first kappa shape index (κ1) is 14.8. The van der Waals surface area contributed by atoms with Gasteiger partial charge >= 0.3 is 0 Å². The second-order valence-electron chi connectivity index (χ2n) is 5.38. The van der Waals surface area contributed by atoms with E-state index in [9.17, 15) is 8.78 Å². The third-order valence-electron chi connectivity index (χ3n) is 3.81. The van der Waals surface area contributed by atoms with E-state index in [1.165, 1.54) is 0 Å². The lowest BCUT2D eigenvalue weighted by atomic mass is 10.2. The summed E-state index contributed by atoms with van der Waals surface area (Å²) in [5.74, 6) is -0.342. The summed E-state index contributed by atoms with van der Waals surface area (Å²) in [6.45, 7) is 5.10. The van der Waals surface area contributed by atoms with E-state index in [2.05, 4.69) is 20.1 Å². The molecule has 0 saturated carbocycles. The molecule has 7 heteroatoms. The third-order valence-corrected chi connectivity index (χ3v) is 3.81. The predicted octanol–water partition coefficient (Wildman–Crippen LogP) is 1.78. The summed E-state index contributed by atoms with van der Waals surface area (Å²) in [6, 6.07) is 3.87. The summed E-state index contributed by atoms with van der Waals surface area (Å²) in [4.78, 5) is 7.66. The summed E-state index contributed by atoms with van der Waals surface area (Å²) in [7, 11) is 0. The fourth-order valence-corrected chi connectivity index (χ4v) is 2.51. The molecule has 0 unspecified atom stereocenters. The number of hydrogen-bond donors (Lipinski definition) is 0. The molecule has 116 valence electrons. The molecule has 1 saturated heterocycles. The van der Waals surface area contributed by atoms with Crippen LogP contribution in [0.2, 0.25) is 0 Å². The molecule has 3 heterocycles. The maximum absolute atomic E-state index is 13.6. The van der Waals surface area contributed by atoms with Crippen LogP contribution in [-0.4, -0.2) is 46.3 Å². The zero-order chi connectivity index (χ0) is 15.5. The van der Waals surface area contributed by atoms with E-state index in [0.717, 1.165) is 50.1 Å². The van der Waals surface area contributed by atoms with Crippen molar-refractivity contribution >= 4 is 5.82 Å². The van der Waals surface area contributed by atoms with Gasteiger partial charge in [0.1, 0.15) is 11.6 Å². The van der Waals surface area contributed by atoms with Gasteiger partial charge in [-0.25, -0.2) is 8.78 Å². The van der Waals surface area contributed by atoms with E-state index in [1.54, 1.807) is 0 Å². The van der Waals surface area contributed by atoms with Crippen molar-refractivity contribution in [3.05, 3.63) is 47.4 Å². The molecule has 1 fully saturated rings. The number of pyridine rings is 1. The van der Waals surface area contributed by atoms with Crippen LogP contribution in [-0.2, 0) is 6.54 Å².